The summed E-state index contributed by atoms with van der Waals surface area (Å²) in [4.78, 5) is 8.66. The van der Waals surface area contributed by atoms with E-state index in [4.69, 9.17) is 0 Å². The van der Waals surface area contributed by atoms with E-state index in [1.54, 1.807) is 0 Å². The molecule has 0 aromatic carbocycles. The van der Waals surface area contributed by atoms with Gasteiger partial charge in [0, 0.05) is 59.7 Å². The van der Waals surface area contributed by atoms with Gasteiger partial charge in [0.2, 0.25) is 0 Å². The Morgan fingerprint density at radius 3 is 2.78 bits per heavy atom. The lowest BCUT2D eigenvalue weighted by Crippen LogP contribution is -2.47. The Hall–Kier alpha value is -0.700. The van der Waals surface area contributed by atoms with Gasteiger partial charge in [-0.3, -0.25) is 14.2 Å². The van der Waals surface area contributed by atoms with Crippen molar-refractivity contribution in [2.24, 2.45) is 10.9 Å². The zero-order chi connectivity index (χ0) is 18.9. The predicted octanol–water partition coefficient (Wildman–Crippen LogP) is 3.68. The Labute approximate surface area is 184 Å². The summed E-state index contributed by atoms with van der Waals surface area (Å²) in [6.07, 6.45) is 8.07. The van der Waals surface area contributed by atoms with E-state index in [0.29, 0.717) is 23.1 Å². The van der Waals surface area contributed by atoms with E-state index < -0.39 is 10.8 Å². The summed E-state index contributed by atoms with van der Waals surface area (Å²) in [7, 11) is 1.11. The van der Waals surface area contributed by atoms with Gasteiger partial charge in [-0.15, -0.1) is 24.0 Å². The largest absolute Gasteiger partial charge is 0.356 e. The molecule has 2 N–H and O–H groups in total. The van der Waals surface area contributed by atoms with Gasteiger partial charge in [-0.25, -0.2) is 0 Å². The van der Waals surface area contributed by atoms with Gasteiger partial charge in [-0.05, 0) is 36.8 Å². The number of aliphatic imine (C=N–C) groups is 1. The van der Waals surface area contributed by atoms with Crippen LogP contribution in [0.4, 0.5) is 0 Å². The minimum Gasteiger partial charge on any atom is -0.356 e. The molecule has 0 radical (unpaired) electrons. The van der Waals surface area contributed by atoms with Crippen molar-refractivity contribution in [3.05, 3.63) is 30.1 Å². The van der Waals surface area contributed by atoms with Crippen molar-refractivity contribution in [3.8, 4) is 0 Å². The molecule has 1 aliphatic rings. The number of aromatic nitrogens is 1. The molecule has 0 saturated heterocycles. The number of rotatable bonds is 7. The van der Waals surface area contributed by atoms with Gasteiger partial charge in [-0.1, -0.05) is 33.3 Å². The first-order chi connectivity index (χ1) is 12.5. The van der Waals surface area contributed by atoms with Crippen LogP contribution in [0.1, 0.15) is 57.9 Å². The zero-order valence-electron chi connectivity index (χ0n) is 17.0. The quantitative estimate of drug-likeness (QED) is 0.337. The lowest BCUT2D eigenvalue weighted by atomic mass is 9.89. The molecule has 0 aliphatic heterocycles. The molecule has 1 fully saturated rings. The minimum atomic E-state index is -0.700. The monoisotopic (exact) mass is 506 g/mol. The molecular weight excluding hydrogens is 471 g/mol. The number of nitrogens with zero attached hydrogens (tertiary/aromatic N) is 2. The molecule has 1 aromatic rings. The van der Waals surface area contributed by atoms with Gasteiger partial charge < -0.3 is 10.6 Å². The summed E-state index contributed by atoms with van der Waals surface area (Å²) in [6, 6.07) is 4.49. The highest BCUT2D eigenvalue weighted by atomic mass is 127. The van der Waals surface area contributed by atoms with Crippen LogP contribution in [0.3, 0.4) is 0 Å². The highest BCUT2D eigenvalue weighted by Gasteiger charge is 2.26. The first-order valence-electron chi connectivity index (χ1n) is 9.79. The van der Waals surface area contributed by atoms with Crippen LogP contribution in [-0.4, -0.2) is 45.8 Å². The number of guanidine groups is 1. The van der Waals surface area contributed by atoms with E-state index in [1.807, 2.05) is 32.4 Å². The number of hydrogen-bond acceptors (Lipinski definition) is 3. The van der Waals surface area contributed by atoms with Crippen molar-refractivity contribution in [2.75, 3.05) is 19.3 Å². The first-order valence-corrected chi connectivity index (χ1v) is 11.2. The van der Waals surface area contributed by atoms with E-state index in [2.05, 4.69) is 40.5 Å². The smallest absolute Gasteiger partial charge is 0.191 e. The predicted molar refractivity (Wildman–Crippen MR) is 126 cm³/mol. The van der Waals surface area contributed by atoms with E-state index >= 15 is 0 Å². The topological polar surface area (TPSA) is 66.4 Å². The molecule has 7 heteroatoms. The first kappa shape index (κ1) is 24.3. The molecule has 0 spiro atoms. The third kappa shape index (κ3) is 7.68. The van der Waals surface area contributed by atoms with Gasteiger partial charge in [0.05, 0.1) is 0 Å². The zero-order valence-corrected chi connectivity index (χ0v) is 20.1. The van der Waals surface area contributed by atoms with Gasteiger partial charge in [0.15, 0.2) is 5.96 Å². The van der Waals surface area contributed by atoms with Crippen molar-refractivity contribution in [1.82, 2.24) is 15.6 Å². The second-order valence-corrected chi connectivity index (χ2v) is 9.39. The Bertz CT molecular complexity index is 597. The highest BCUT2D eigenvalue weighted by molar-refractivity contribution is 14.0. The lowest BCUT2D eigenvalue weighted by molar-refractivity contribution is 0.411. The number of halogens is 1. The van der Waals surface area contributed by atoms with Crippen LogP contribution in [0.15, 0.2) is 29.5 Å². The maximum absolute atomic E-state index is 12.1. The molecule has 27 heavy (non-hydrogen) atoms. The minimum absolute atomic E-state index is 0. The summed E-state index contributed by atoms with van der Waals surface area (Å²) < 4.78 is 12.1. The average molecular weight is 506 g/mol. The van der Waals surface area contributed by atoms with Crippen LogP contribution in [0.25, 0.3) is 0 Å². The number of hydrogen-bond donors (Lipinski definition) is 2. The van der Waals surface area contributed by atoms with Crippen LogP contribution in [0.5, 0.6) is 0 Å². The Morgan fingerprint density at radius 2 is 2.19 bits per heavy atom. The average Bonchev–Trinajstić information content (AvgIpc) is 2.67. The van der Waals surface area contributed by atoms with E-state index in [1.165, 1.54) is 5.56 Å². The van der Waals surface area contributed by atoms with Crippen molar-refractivity contribution in [3.63, 3.8) is 0 Å². The van der Waals surface area contributed by atoms with E-state index in [-0.39, 0.29) is 24.0 Å². The Balaban J connectivity index is 0.00000364. The van der Waals surface area contributed by atoms with Crippen molar-refractivity contribution >= 4 is 40.7 Å². The number of nitrogens with one attached hydrogen (secondary N) is 2. The summed E-state index contributed by atoms with van der Waals surface area (Å²) in [5.41, 5.74) is 1.25. The van der Waals surface area contributed by atoms with Crippen LogP contribution in [0.2, 0.25) is 0 Å². The van der Waals surface area contributed by atoms with Crippen molar-refractivity contribution in [2.45, 2.75) is 63.7 Å². The van der Waals surface area contributed by atoms with Crippen LogP contribution in [0, 0.1) is 5.92 Å². The SMILES string of the molecule is CCS(=O)C1CCCC(NC(=NC)NCC(c2cccnc2)C(C)C)C1.I. The molecule has 1 aliphatic carbocycles. The Morgan fingerprint density at radius 1 is 1.41 bits per heavy atom. The van der Waals surface area contributed by atoms with Crippen molar-refractivity contribution < 1.29 is 4.21 Å². The molecule has 1 saturated carbocycles. The second-order valence-electron chi connectivity index (χ2n) is 7.39. The molecule has 4 atom stereocenters. The molecule has 5 nitrogen and oxygen atoms in total. The van der Waals surface area contributed by atoms with E-state index in [0.717, 1.165) is 43.9 Å². The summed E-state index contributed by atoms with van der Waals surface area (Å²) >= 11 is 0. The van der Waals surface area contributed by atoms with Gasteiger partial charge in [-0.2, -0.15) is 0 Å². The standard InChI is InChI=1S/C20H34N4OS.HI/c1-5-26(25)18-10-6-9-17(12-18)24-20(21-4)23-14-19(15(2)3)16-8-7-11-22-13-16;/h7-8,11,13,15,17-19H,5-6,9-10,12,14H2,1-4H3,(H2,21,23,24);1H. The molecule has 4 unspecified atom stereocenters. The van der Waals surface area contributed by atoms with E-state index in [9.17, 15) is 4.21 Å². The fourth-order valence-electron chi connectivity index (χ4n) is 3.68. The maximum Gasteiger partial charge on any atom is 0.191 e. The third-order valence-corrected chi connectivity index (χ3v) is 6.99. The fraction of sp³-hybridized carbons (Fsp3) is 0.700. The molecule has 2 rings (SSSR count). The lowest BCUT2D eigenvalue weighted by Gasteiger charge is -2.31. The normalized spacial score (nSPS) is 22.6. The summed E-state index contributed by atoms with van der Waals surface area (Å²) in [5, 5.41) is 7.36. The van der Waals surface area contributed by atoms with Gasteiger partial charge in [0.25, 0.3) is 0 Å². The molecule has 0 bridgehead atoms. The molecular formula is C20H35IN4OS. The molecule has 1 aromatic heterocycles. The number of pyridine rings is 1. The summed E-state index contributed by atoms with van der Waals surface area (Å²) in [6.45, 7) is 7.31. The molecule has 154 valence electrons. The Kier molecular flexibility index (Phi) is 11.4. The maximum atomic E-state index is 12.1. The van der Waals surface area contributed by atoms with Gasteiger partial charge >= 0.3 is 0 Å². The van der Waals surface area contributed by atoms with Crippen molar-refractivity contribution in [1.29, 1.82) is 0 Å². The van der Waals surface area contributed by atoms with Crippen LogP contribution < -0.4 is 10.6 Å². The van der Waals surface area contributed by atoms with Gasteiger partial charge in [0.1, 0.15) is 0 Å². The fourth-order valence-corrected chi connectivity index (χ4v) is 5.03. The summed E-state index contributed by atoms with van der Waals surface area (Å²) in [5.74, 6) is 2.49. The van der Waals surface area contributed by atoms with Crippen LogP contribution in [-0.2, 0) is 10.8 Å². The molecule has 1 heterocycles. The third-order valence-electron chi connectivity index (χ3n) is 5.25. The highest BCUT2D eigenvalue weighted by Crippen LogP contribution is 2.24. The molecule has 0 amide bonds. The second kappa shape index (κ2) is 12.7. The van der Waals surface area contributed by atoms with Crippen LogP contribution >= 0.6 is 24.0 Å².